The van der Waals surface area contributed by atoms with Gasteiger partial charge in [-0.1, -0.05) is 18.2 Å². The summed E-state index contributed by atoms with van der Waals surface area (Å²) >= 11 is 0. The summed E-state index contributed by atoms with van der Waals surface area (Å²) < 4.78 is 29.3. The molecule has 0 bridgehead atoms. The van der Waals surface area contributed by atoms with Crippen LogP contribution >= 0.6 is 0 Å². The predicted molar refractivity (Wildman–Crippen MR) is 94.8 cm³/mol. The average molecular weight is 366 g/mol. The number of hydrogen-bond acceptors (Lipinski definition) is 3. The molecule has 0 aliphatic carbocycles. The number of halogens is 2. The molecular weight excluding hydrogens is 354 g/mol. The summed E-state index contributed by atoms with van der Waals surface area (Å²) in [5.41, 5.74) is 1.19. The average Bonchev–Trinajstić information content (AvgIpc) is 2.99. The van der Waals surface area contributed by atoms with Crippen molar-refractivity contribution < 1.29 is 13.6 Å². The van der Waals surface area contributed by atoms with Crippen molar-refractivity contribution in [1.82, 2.24) is 14.4 Å². The molecule has 2 aromatic carbocycles. The van der Waals surface area contributed by atoms with Crippen LogP contribution in [0.2, 0.25) is 0 Å². The minimum atomic E-state index is -0.830. The van der Waals surface area contributed by atoms with Crippen molar-refractivity contribution in [2.45, 2.75) is 12.3 Å². The van der Waals surface area contributed by atoms with Gasteiger partial charge in [-0.05, 0) is 23.8 Å². The van der Waals surface area contributed by atoms with Crippen LogP contribution < -0.4 is 10.9 Å². The number of imidazole rings is 1. The highest BCUT2D eigenvalue weighted by Gasteiger charge is 2.33. The minimum Gasteiger partial charge on any atom is -0.311 e. The third-order valence-corrected chi connectivity index (χ3v) is 4.84. The van der Waals surface area contributed by atoms with E-state index in [9.17, 15) is 18.4 Å². The molecule has 8 heteroatoms. The SMILES string of the molecule is O=C1C[C@@H](c2ccc(F)cc2F)c2c(n3c(nc4ccccc43)[nH]c2=O)N1. The monoisotopic (exact) mass is 366 g/mol. The summed E-state index contributed by atoms with van der Waals surface area (Å²) in [6, 6.07) is 10.4. The molecule has 0 unspecified atom stereocenters. The van der Waals surface area contributed by atoms with Crippen LogP contribution in [-0.4, -0.2) is 20.3 Å². The second-order valence-electron chi connectivity index (χ2n) is 6.45. The number of hydrogen-bond donors (Lipinski definition) is 2. The van der Waals surface area contributed by atoms with E-state index in [1.165, 1.54) is 6.07 Å². The summed E-state index contributed by atoms with van der Waals surface area (Å²) in [4.78, 5) is 32.2. The van der Waals surface area contributed by atoms with E-state index >= 15 is 0 Å². The number of anilines is 1. The predicted octanol–water partition coefficient (Wildman–Crippen LogP) is 2.93. The lowest BCUT2D eigenvalue weighted by molar-refractivity contribution is -0.116. The van der Waals surface area contributed by atoms with Crippen LogP contribution in [0.25, 0.3) is 16.8 Å². The first-order chi connectivity index (χ1) is 13.0. The van der Waals surface area contributed by atoms with Gasteiger partial charge in [-0.2, -0.15) is 0 Å². The van der Waals surface area contributed by atoms with Gasteiger partial charge in [-0.15, -0.1) is 0 Å². The van der Waals surface area contributed by atoms with Crippen molar-refractivity contribution in [1.29, 1.82) is 0 Å². The van der Waals surface area contributed by atoms with E-state index in [0.717, 1.165) is 12.1 Å². The number of aromatic amines is 1. The van der Waals surface area contributed by atoms with E-state index in [2.05, 4.69) is 15.3 Å². The fraction of sp³-hybridized carbons (Fsp3) is 0.105. The normalized spacial score (nSPS) is 16.5. The molecule has 5 rings (SSSR count). The molecule has 0 saturated carbocycles. The summed E-state index contributed by atoms with van der Waals surface area (Å²) in [6.45, 7) is 0. The highest BCUT2D eigenvalue weighted by atomic mass is 19.1. The van der Waals surface area contributed by atoms with Gasteiger partial charge in [0.1, 0.15) is 17.5 Å². The number of nitrogens with one attached hydrogen (secondary N) is 2. The quantitative estimate of drug-likeness (QED) is 0.544. The Morgan fingerprint density at radius 2 is 1.93 bits per heavy atom. The molecular formula is C19H12F2N4O2. The van der Waals surface area contributed by atoms with Gasteiger partial charge in [0.05, 0.1) is 16.6 Å². The third kappa shape index (κ3) is 2.26. The van der Waals surface area contributed by atoms with Gasteiger partial charge in [0.15, 0.2) is 0 Å². The number of aromatic nitrogens is 3. The van der Waals surface area contributed by atoms with Crippen LogP contribution in [-0.2, 0) is 4.79 Å². The third-order valence-electron chi connectivity index (χ3n) is 4.84. The van der Waals surface area contributed by atoms with Crippen LogP contribution in [0.4, 0.5) is 14.6 Å². The highest BCUT2D eigenvalue weighted by Crippen LogP contribution is 2.37. The molecule has 0 spiro atoms. The van der Waals surface area contributed by atoms with Crippen LogP contribution in [0, 0.1) is 11.6 Å². The number of rotatable bonds is 1. The van der Waals surface area contributed by atoms with Crippen molar-refractivity contribution in [3.63, 3.8) is 0 Å². The van der Waals surface area contributed by atoms with Crippen LogP contribution in [0.15, 0.2) is 47.3 Å². The molecule has 0 saturated heterocycles. The lowest BCUT2D eigenvalue weighted by Gasteiger charge is -2.26. The Labute approximate surface area is 150 Å². The Morgan fingerprint density at radius 1 is 1.11 bits per heavy atom. The highest BCUT2D eigenvalue weighted by molar-refractivity contribution is 5.96. The lowest BCUT2D eigenvalue weighted by Crippen LogP contribution is -2.32. The number of carbonyl (C=O) groups is 1. The maximum Gasteiger partial charge on any atom is 0.258 e. The van der Waals surface area contributed by atoms with Crippen LogP contribution in [0.1, 0.15) is 23.5 Å². The first kappa shape index (κ1) is 15.7. The molecule has 2 aromatic heterocycles. The number of carbonyl (C=O) groups excluding carboxylic acids is 1. The Morgan fingerprint density at radius 3 is 2.74 bits per heavy atom. The zero-order chi connectivity index (χ0) is 18.7. The van der Waals surface area contributed by atoms with E-state index in [-0.39, 0.29) is 35.1 Å². The number of para-hydroxylation sites is 2. The van der Waals surface area contributed by atoms with Gasteiger partial charge in [0.2, 0.25) is 11.7 Å². The zero-order valence-corrected chi connectivity index (χ0v) is 13.8. The molecule has 1 aliphatic rings. The summed E-state index contributed by atoms with van der Waals surface area (Å²) in [6.07, 6.45) is -0.114. The first-order valence-electron chi connectivity index (χ1n) is 8.31. The van der Waals surface area contributed by atoms with Crippen molar-refractivity contribution in [2.24, 2.45) is 0 Å². The van der Waals surface area contributed by atoms with E-state index in [0.29, 0.717) is 11.0 Å². The molecule has 2 N–H and O–H groups in total. The van der Waals surface area contributed by atoms with E-state index in [1.807, 2.05) is 18.2 Å². The molecule has 1 aliphatic heterocycles. The Hall–Kier alpha value is -3.55. The van der Waals surface area contributed by atoms with E-state index in [4.69, 9.17) is 0 Å². The maximum absolute atomic E-state index is 14.4. The molecule has 6 nitrogen and oxygen atoms in total. The van der Waals surface area contributed by atoms with E-state index in [1.54, 1.807) is 10.5 Å². The summed E-state index contributed by atoms with van der Waals surface area (Å²) in [7, 11) is 0. The molecule has 0 fully saturated rings. The Kier molecular flexibility index (Phi) is 3.18. The van der Waals surface area contributed by atoms with Crippen LogP contribution in [0.5, 0.6) is 0 Å². The van der Waals surface area contributed by atoms with E-state index < -0.39 is 23.1 Å². The number of benzene rings is 2. The van der Waals surface area contributed by atoms with Crippen molar-refractivity contribution >= 4 is 28.5 Å². The van der Waals surface area contributed by atoms with Gasteiger partial charge in [-0.25, -0.2) is 13.8 Å². The Balaban J connectivity index is 1.86. The first-order valence-corrected chi connectivity index (χ1v) is 8.31. The summed E-state index contributed by atoms with van der Waals surface area (Å²) in [5.74, 6) is -2.17. The van der Waals surface area contributed by atoms with Crippen molar-refractivity contribution in [3.8, 4) is 0 Å². The molecule has 134 valence electrons. The molecule has 1 atom stereocenters. The molecule has 4 aromatic rings. The number of amides is 1. The number of nitrogens with zero attached hydrogens (tertiary/aromatic N) is 2. The summed E-state index contributed by atoms with van der Waals surface area (Å²) in [5, 5.41) is 2.72. The topological polar surface area (TPSA) is 79.3 Å². The van der Waals surface area contributed by atoms with Crippen molar-refractivity contribution in [2.75, 3.05) is 5.32 Å². The molecule has 27 heavy (non-hydrogen) atoms. The maximum atomic E-state index is 14.4. The Bertz CT molecular complexity index is 1310. The second-order valence-corrected chi connectivity index (χ2v) is 6.45. The van der Waals surface area contributed by atoms with Gasteiger partial charge in [0, 0.05) is 18.4 Å². The standard InChI is InChI=1S/C19H12F2N4O2/c20-9-5-6-10(12(21)7-9)11-8-15(26)23-17-16(11)18(27)24-19-22-13-3-1-2-4-14(13)25(17)19/h1-7,11H,8H2,(H,23,26)(H,22,24,27)/t11-/m0/s1. The zero-order valence-electron chi connectivity index (χ0n) is 13.8. The fourth-order valence-corrected chi connectivity index (χ4v) is 3.70. The molecule has 3 heterocycles. The smallest absolute Gasteiger partial charge is 0.258 e. The number of fused-ring (bicyclic) bond motifs is 5. The van der Waals surface area contributed by atoms with Crippen molar-refractivity contribution in [3.05, 3.63) is 75.6 Å². The lowest BCUT2D eigenvalue weighted by atomic mass is 9.86. The van der Waals surface area contributed by atoms with Gasteiger partial charge >= 0.3 is 0 Å². The van der Waals surface area contributed by atoms with Gasteiger partial charge < -0.3 is 5.32 Å². The van der Waals surface area contributed by atoms with Gasteiger partial charge in [0.25, 0.3) is 5.56 Å². The molecule has 1 amide bonds. The molecule has 0 radical (unpaired) electrons. The largest absolute Gasteiger partial charge is 0.311 e. The number of H-pyrrole nitrogens is 1. The second kappa shape index (κ2) is 5.47. The fourth-order valence-electron chi connectivity index (χ4n) is 3.70. The van der Waals surface area contributed by atoms with Crippen LogP contribution in [0.3, 0.4) is 0 Å². The van der Waals surface area contributed by atoms with Gasteiger partial charge in [-0.3, -0.25) is 19.0 Å². The minimum absolute atomic E-state index is 0.0989.